The van der Waals surface area contributed by atoms with Crippen LogP contribution in [0.5, 0.6) is 0 Å². The van der Waals surface area contributed by atoms with Crippen LogP contribution >= 0.6 is 11.6 Å². The fourth-order valence-electron chi connectivity index (χ4n) is 2.56. The highest BCUT2D eigenvalue weighted by Gasteiger charge is 2.24. The summed E-state index contributed by atoms with van der Waals surface area (Å²) >= 11 is 5.94. The van der Waals surface area contributed by atoms with Crippen LogP contribution in [0.4, 0.5) is 10.5 Å². The number of carbonyl (C=O) groups is 1. The lowest BCUT2D eigenvalue weighted by Crippen LogP contribution is -2.23. The number of hydrogen-bond acceptors (Lipinski definition) is 3. The minimum atomic E-state index is -0.303. The Morgan fingerprint density at radius 2 is 2.00 bits per heavy atom. The minimum Gasteiger partial charge on any atom is -0.447 e. The van der Waals surface area contributed by atoms with Crippen LogP contribution < -0.4 is 4.90 Å². The van der Waals surface area contributed by atoms with Gasteiger partial charge in [0.15, 0.2) is 0 Å². The zero-order valence-electron chi connectivity index (χ0n) is 12.2. The standard InChI is InChI=1S/C17H16ClNO3/c1-21-11-13-10-15(19-8-9-22-17(19)20)6-7-16(13)12-2-4-14(18)5-3-12/h2-7,10H,8-9,11H2,1H3. The first-order valence-electron chi connectivity index (χ1n) is 7.01. The monoisotopic (exact) mass is 317 g/mol. The average Bonchev–Trinajstić information content (AvgIpc) is 2.95. The summed E-state index contributed by atoms with van der Waals surface area (Å²) in [5.41, 5.74) is 3.97. The van der Waals surface area contributed by atoms with Crippen molar-refractivity contribution >= 4 is 23.4 Å². The van der Waals surface area contributed by atoms with Crippen LogP contribution in [-0.2, 0) is 16.1 Å². The second-order valence-corrected chi connectivity index (χ2v) is 5.48. The van der Waals surface area contributed by atoms with Crippen LogP contribution in [-0.4, -0.2) is 26.4 Å². The van der Waals surface area contributed by atoms with Crippen molar-refractivity contribution in [3.05, 3.63) is 53.1 Å². The Balaban J connectivity index is 2.00. The fraction of sp³-hybridized carbons (Fsp3) is 0.235. The maximum absolute atomic E-state index is 11.7. The maximum atomic E-state index is 11.7. The molecule has 1 fully saturated rings. The molecule has 1 heterocycles. The molecule has 0 aromatic heterocycles. The zero-order chi connectivity index (χ0) is 15.5. The van der Waals surface area contributed by atoms with E-state index in [4.69, 9.17) is 21.1 Å². The van der Waals surface area contributed by atoms with Crippen molar-refractivity contribution < 1.29 is 14.3 Å². The van der Waals surface area contributed by atoms with Gasteiger partial charge in [0.2, 0.25) is 0 Å². The van der Waals surface area contributed by atoms with Crippen molar-refractivity contribution in [2.45, 2.75) is 6.61 Å². The summed E-state index contributed by atoms with van der Waals surface area (Å²) in [6, 6.07) is 13.6. The highest BCUT2D eigenvalue weighted by atomic mass is 35.5. The van der Waals surface area contributed by atoms with E-state index in [-0.39, 0.29) is 6.09 Å². The van der Waals surface area contributed by atoms with E-state index in [0.717, 1.165) is 22.4 Å². The van der Waals surface area contributed by atoms with Crippen LogP contribution in [0.15, 0.2) is 42.5 Å². The molecule has 0 saturated carbocycles. The van der Waals surface area contributed by atoms with Gasteiger partial charge in [-0.15, -0.1) is 0 Å². The normalized spacial score (nSPS) is 14.3. The molecule has 0 aliphatic carbocycles. The Labute approximate surface area is 134 Å². The van der Waals surface area contributed by atoms with Crippen LogP contribution in [0.3, 0.4) is 0 Å². The number of methoxy groups -OCH3 is 1. The molecule has 0 bridgehead atoms. The van der Waals surface area contributed by atoms with Gasteiger partial charge in [0, 0.05) is 17.8 Å². The van der Waals surface area contributed by atoms with E-state index in [1.165, 1.54) is 0 Å². The molecule has 2 aromatic carbocycles. The van der Waals surface area contributed by atoms with Gasteiger partial charge in [-0.2, -0.15) is 0 Å². The number of rotatable bonds is 4. The number of ether oxygens (including phenoxy) is 2. The van der Waals surface area contributed by atoms with Gasteiger partial charge in [-0.05, 0) is 41.0 Å². The Kier molecular flexibility index (Phi) is 4.32. The van der Waals surface area contributed by atoms with E-state index in [9.17, 15) is 4.79 Å². The number of halogens is 1. The van der Waals surface area contributed by atoms with Gasteiger partial charge in [-0.25, -0.2) is 4.79 Å². The Hall–Kier alpha value is -2.04. The van der Waals surface area contributed by atoms with Crippen molar-refractivity contribution in [1.82, 2.24) is 0 Å². The molecule has 0 atom stereocenters. The Morgan fingerprint density at radius 3 is 2.64 bits per heavy atom. The lowest BCUT2D eigenvalue weighted by molar-refractivity contribution is 0.181. The lowest BCUT2D eigenvalue weighted by Gasteiger charge is -2.16. The molecular formula is C17H16ClNO3. The van der Waals surface area contributed by atoms with E-state index in [2.05, 4.69) is 0 Å². The van der Waals surface area contributed by atoms with E-state index in [1.54, 1.807) is 12.0 Å². The smallest absolute Gasteiger partial charge is 0.414 e. The van der Waals surface area contributed by atoms with E-state index < -0.39 is 0 Å². The summed E-state index contributed by atoms with van der Waals surface area (Å²) < 4.78 is 10.3. The number of nitrogens with zero attached hydrogens (tertiary/aromatic N) is 1. The number of anilines is 1. The summed E-state index contributed by atoms with van der Waals surface area (Å²) in [4.78, 5) is 13.3. The van der Waals surface area contributed by atoms with Crippen LogP contribution in [0.2, 0.25) is 5.02 Å². The molecule has 114 valence electrons. The zero-order valence-corrected chi connectivity index (χ0v) is 13.0. The minimum absolute atomic E-state index is 0.303. The van der Waals surface area contributed by atoms with Crippen LogP contribution in [0.25, 0.3) is 11.1 Å². The number of hydrogen-bond donors (Lipinski definition) is 0. The number of cyclic esters (lactones) is 1. The van der Waals surface area contributed by atoms with Gasteiger partial charge in [0.25, 0.3) is 0 Å². The summed E-state index contributed by atoms with van der Waals surface area (Å²) in [6.07, 6.45) is -0.303. The summed E-state index contributed by atoms with van der Waals surface area (Å²) in [5.74, 6) is 0. The first-order valence-corrected chi connectivity index (χ1v) is 7.39. The summed E-state index contributed by atoms with van der Waals surface area (Å²) in [7, 11) is 1.66. The average molecular weight is 318 g/mol. The molecule has 0 N–H and O–H groups in total. The highest BCUT2D eigenvalue weighted by Crippen LogP contribution is 2.30. The molecule has 1 amide bonds. The van der Waals surface area contributed by atoms with Gasteiger partial charge in [0.05, 0.1) is 13.2 Å². The van der Waals surface area contributed by atoms with Crippen molar-refractivity contribution in [2.24, 2.45) is 0 Å². The Bertz CT molecular complexity index is 685. The molecule has 0 radical (unpaired) electrons. The fourth-order valence-corrected chi connectivity index (χ4v) is 2.69. The third-order valence-corrected chi connectivity index (χ3v) is 3.87. The van der Waals surface area contributed by atoms with Crippen LogP contribution in [0.1, 0.15) is 5.56 Å². The number of benzene rings is 2. The van der Waals surface area contributed by atoms with Crippen molar-refractivity contribution in [3.63, 3.8) is 0 Å². The molecule has 0 spiro atoms. The van der Waals surface area contributed by atoms with Gasteiger partial charge in [-0.3, -0.25) is 4.90 Å². The molecule has 1 aliphatic heterocycles. The van der Waals surface area contributed by atoms with E-state index >= 15 is 0 Å². The van der Waals surface area contributed by atoms with Crippen LogP contribution in [0, 0.1) is 0 Å². The molecule has 22 heavy (non-hydrogen) atoms. The predicted octanol–water partition coefficient (Wildman–Crippen LogP) is 4.11. The van der Waals surface area contributed by atoms with Gasteiger partial charge in [-0.1, -0.05) is 29.8 Å². The molecule has 0 unspecified atom stereocenters. The largest absolute Gasteiger partial charge is 0.447 e. The predicted molar refractivity (Wildman–Crippen MR) is 86.3 cm³/mol. The van der Waals surface area contributed by atoms with Gasteiger partial charge < -0.3 is 9.47 Å². The molecule has 1 saturated heterocycles. The first-order chi connectivity index (χ1) is 10.7. The molecule has 4 nitrogen and oxygen atoms in total. The van der Waals surface area contributed by atoms with E-state index in [0.29, 0.717) is 24.8 Å². The summed E-state index contributed by atoms with van der Waals surface area (Å²) in [5, 5.41) is 0.702. The Morgan fingerprint density at radius 1 is 1.23 bits per heavy atom. The number of amides is 1. The van der Waals surface area contributed by atoms with E-state index in [1.807, 2.05) is 42.5 Å². The SMILES string of the molecule is COCc1cc(N2CCOC2=O)ccc1-c1ccc(Cl)cc1. The third-order valence-electron chi connectivity index (χ3n) is 3.62. The molecule has 2 aromatic rings. The van der Waals surface area contributed by atoms with Crippen molar-refractivity contribution in [1.29, 1.82) is 0 Å². The van der Waals surface area contributed by atoms with Crippen molar-refractivity contribution in [3.8, 4) is 11.1 Å². The van der Waals surface area contributed by atoms with Gasteiger partial charge >= 0.3 is 6.09 Å². The van der Waals surface area contributed by atoms with Crippen molar-refractivity contribution in [2.75, 3.05) is 25.2 Å². The number of carbonyl (C=O) groups excluding carboxylic acids is 1. The topological polar surface area (TPSA) is 38.8 Å². The lowest BCUT2D eigenvalue weighted by atomic mass is 9.99. The molecule has 5 heteroatoms. The molecular weight excluding hydrogens is 302 g/mol. The summed E-state index contributed by atoms with van der Waals surface area (Å²) in [6.45, 7) is 1.47. The second kappa shape index (κ2) is 6.38. The highest BCUT2D eigenvalue weighted by molar-refractivity contribution is 6.30. The first kappa shape index (κ1) is 14.9. The van der Waals surface area contributed by atoms with Gasteiger partial charge in [0.1, 0.15) is 6.61 Å². The maximum Gasteiger partial charge on any atom is 0.414 e. The second-order valence-electron chi connectivity index (χ2n) is 5.05. The quantitative estimate of drug-likeness (QED) is 0.851. The molecule has 1 aliphatic rings. The third kappa shape index (κ3) is 2.93. The molecule has 3 rings (SSSR count).